The lowest BCUT2D eigenvalue weighted by Crippen LogP contribution is -2.23. The molecule has 1 amide bonds. The van der Waals surface area contributed by atoms with Gasteiger partial charge in [0.05, 0.1) is 0 Å². The van der Waals surface area contributed by atoms with Gasteiger partial charge < -0.3 is 19.2 Å². The quantitative estimate of drug-likeness (QED) is 0.352. The largest absolute Gasteiger partial charge is 0.482 e. The smallest absolute Gasteiger partial charge is 0.344 e. The summed E-state index contributed by atoms with van der Waals surface area (Å²) in [6, 6.07) is 24.8. The van der Waals surface area contributed by atoms with E-state index in [1.165, 1.54) is 12.1 Å². The van der Waals surface area contributed by atoms with E-state index in [2.05, 4.69) is 5.32 Å². The van der Waals surface area contributed by atoms with E-state index in [1.807, 2.05) is 48.5 Å². The van der Waals surface area contributed by atoms with Crippen molar-refractivity contribution in [2.75, 3.05) is 18.5 Å². The zero-order valence-corrected chi connectivity index (χ0v) is 16.9. The Kier molecular flexibility index (Phi) is 6.27. The molecular formula is C25H19NO6. The number of amides is 1. The summed E-state index contributed by atoms with van der Waals surface area (Å²) in [7, 11) is 0. The Balaban J connectivity index is 1.30. The number of carbonyl (C=O) groups is 2. The van der Waals surface area contributed by atoms with Crippen LogP contribution in [0.5, 0.6) is 5.75 Å². The molecule has 4 rings (SSSR count). The van der Waals surface area contributed by atoms with Gasteiger partial charge in [-0.1, -0.05) is 48.5 Å². The van der Waals surface area contributed by atoms with Gasteiger partial charge in [-0.3, -0.25) is 4.79 Å². The van der Waals surface area contributed by atoms with Gasteiger partial charge in [0.25, 0.3) is 5.91 Å². The molecule has 32 heavy (non-hydrogen) atoms. The molecule has 0 spiro atoms. The van der Waals surface area contributed by atoms with Gasteiger partial charge in [0.15, 0.2) is 13.2 Å². The Morgan fingerprint density at radius 3 is 2.44 bits per heavy atom. The topological polar surface area (TPSA) is 94.8 Å². The second-order valence-electron chi connectivity index (χ2n) is 6.86. The molecule has 0 atom stereocenters. The number of esters is 1. The van der Waals surface area contributed by atoms with Crippen LogP contribution in [0.3, 0.4) is 0 Å². The van der Waals surface area contributed by atoms with Crippen molar-refractivity contribution in [3.63, 3.8) is 0 Å². The van der Waals surface area contributed by atoms with Crippen molar-refractivity contribution in [3.8, 4) is 16.9 Å². The summed E-state index contributed by atoms with van der Waals surface area (Å²) in [5.41, 5.74) is 2.31. The Bertz CT molecular complexity index is 1310. The van der Waals surface area contributed by atoms with Gasteiger partial charge >= 0.3 is 11.6 Å². The molecule has 3 aromatic carbocycles. The van der Waals surface area contributed by atoms with Crippen LogP contribution >= 0.6 is 0 Å². The molecule has 0 saturated heterocycles. The summed E-state index contributed by atoms with van der Waals surface area (Å²) in [5, 5.41) is 3.49. The lowest BCUT2D eigenvalue weighted by Gasteiger charge is -2.12. The van der Waals surface area contributed by atoms with Gasteiger partial charge in [-0.05, 0) is 29.8 Å². The van der Waals surface area contributed by atoms with E-state index in [4.69, 9.17) is 13.9 Å². The van der Waals surface area contributed by atoms with Crippen LogP contribution in [0.1, 0.15) is 0 Å². The highest BCUT2D eigenvalue weighted by atomic mass is 16.6. The van der Waals surface area contributed by atoms with Crippen LogP contribution in [-0.4, -0.2) is 25.1 Å². The summed E-state index contributed by atoms with van der Waals surface area (Å²) in [6.07, 6.45) is 0. The van der Waals surface area contributed by atoms with Crippen LogP contribution in [0.15, 0.2) is 94.1 Å². The van der Waals surface area contributed by atoms with Gasteiger partial charge in [-0.25, -0.2) is 9.59 Å². The first-order valence-electron chi connectivity index (χ1n) is 9.85. The molecule has 1 aromatic heterocycles. The van der Waals surface area contributed by atoms with Crippen molar-refractivity contribution in [1.82, 2.24) is 0 Å². The van der Waals surface area contributed by atoms with Crippen molar-refractivity contribution in [2.24, 2.45) is 0 Å². The Morgan fingerprint density at radius 2 is 1.59 bits per heavy atom. The lowest BCUT2D eigenvalue weighted by molar-refractivity contribution is -0.149. The van der Waals surface area contributed by atoms with Crippen LogP contribution < -0.4 is 15.7 Å². The van der Waals surface area contributed by atoms with Gasteiger partial charge in [-0.15, -0.1) is 0 Å². The molecule has 1 N–H and O–H groups in total. The predicted octanol–water partition coefficient (Wildman–Crippen LogP) is 4.02. The number of anilines is 1. The number of hydrogen-bond donors (Lipinski definition) is 1. The highest BCUT2D eigenvalue weighted by molar-refractivity contribution is 5.96. The zero-order valence-electron chi connectivity index (χ0n) is 16.9. The third-order valence-corrected chi connectivity index (χ3v) is 4.60. The normalized spacial score (nSPS) is 10.5. The molecular weight excluding hydrogens is 410 g/mol. The molecule has 0 saturated carbocycles. The van der Waals surface area contributed by atoms with E-state index in [9.17, 15) is 14.4 Å². The molecule has 0 radical (unpaired) electrons. The van der Waals surface area contributed by atoms with E-state index in [-0.39, 0.29) is 0 Å². The number of fused-ring (bicyclic) bond motifs is 1. The number of ether oxygens (including phenoxy) is 2. The SMILES string of the molecule is O=C(COC(=O)COc1ccc2ccc(=O)oc2c1)Nc1ccccc1-c1ccccc1. The van der Waals surface area contributed by atoms with E-state index < -0.39 is 30.7 Å². The van der Waals surface area contributed by atoms with E-state index in [1.54, 1.807) is 24.3 Å². The van der Waals surface area contributed by atoms with E-state index in [0.717, 1.165) is 16.5 Å². The van der Waals surface area contributed by atoms with Crippen molar-refractivity contribution in [2.45, 2.75) is 0 Å². The Labute approximate surface area is 183 Å². The first kappa shape index (κ1) is 20.9. The number of hydrogen-bond acceptors (Lipinski definition) is 6. The third kappa shape index (κ3) is 5.20. The van der Waals surface area contributed by atoms with Crippen LogP contribution in [0.4, 0.5) is 5.69 Å². The summed E-state index contributed by atoms with van der Waals surface area (Å²) in [4.78, 5) is 35.6. The Morgan fingerprint density at radius 1 is 0.844 bits per heavy atom. The summed E-state index contributed by atoms with van der Waals surface area (Å²) >= 11 is 0. The van der Waals surface area contributed by atoms with E-state index in [0.29, 0.717) is 17.0 Å². The molecule has 0 aliphatic carbocycles. The molecule has 1 heterocycles. The van der Waals surface area contributed by atoms with Crippen molar-refractivity contribution >= 4 is 28.5 Å². The number of rotatable bonds is 7. The zero-order chi connectivity index (χ0) is 22.3. The molecule has 0 bridgehead atoms. The molecule has 0 fully saturated rings. The molecule has 0 aliphatic heterocycles. The van der Waals surface area contributed by atoms with Crippen LogP contribution in [0, 0.1) is 0 Å². The first-order chi connectivity index (χ1) is 15.6. The first-order valence-corrected chi connectivity index (χ1v) is 9.85. The number of benzene rings is 3. The number of nitrogens with one attached hydrogen (secondary N) is 1. The average molecular weight is 429 g/mol. The fourth-order valence-corrected chi connectivity index (χ4v) is 3.11. The van der Waals surface area contributed by atoms with Crippen LogP contribution in [0.25, 0.3) is 22.1 Å². The van der Waals surface area contributed by atoms with E-state index >= 15 is 0 Å². The van der Waals surface area contributed by atoms with Gasteiger partial charge in [0.2, 0.25) is 0 Å². The highest BCUT2D eigenvalue weighted by Gasteiger charge is 2.12. The van der Waals surface area contributed by atoms with Gasteiger partial charge in [-0.2, -0.15) is 0 Å². The lowest BCUT2D eigenvalue weighted by atomic mass is 10.0. The second-order valence-corrected chi connectivity index (χ2v) is 6.86. The summed E-state index contributed by atoms with van der Waals surface area (Å²) in [5.74, 6) is -0.828. The minimum Gasteiger partial charge on any atom is -0.482 e. The van der Waals surface area contributed by atoms with Crippen molar-refractivity contribution < 1.29 is 23.5 Å². The molecule has 160 valence electrons. The van der Waals surface area contributed by atoms with Crippen molar-refractivity contribution in [3.05, 3.63) is 95.3 Å². The maximum Gasteiger partial charge on any atom is 0.344 e. The minimum atomic E-state index is -0.703. The summed E-state index contributed by atoms with van der Waals surface area (Å²) in [6.45, 7) is -0.839. The maximum absolute atomic E-state index is 12.3. The van der Waals surface area contributed by atoms with Crippen LogP contribution in [0.2, 0.25) is 0 Å². The highest BCUT2D eigenvalue weighted by Crippen LogP contribution is 2.27. The average Bonchev–Trinajstić information content (AvgIpc) is 2.82. The second kappa shape index (κ2) is 9.61. The minimum absolute atomic E-state index is 0.338. The number of para-hydroxylation sites is 1. The summed E-state index contributed by atoms with van der Waals surface area (Å²) < 4.78 is 15.5. The number of carbonyl (C=O) groups excluding carboxylic acids is 2. The fraction of sp³-hybridized carbons (Fsp3) is 0.0800. The van der Waals surface area contributed by atoms with Crippen molar-refractivity contribution in [1.29, 1.82) is 0 Å². The molecule has 7 heteroatoms. The molecule has 7 nitrogen and oxygen atoms in total. The monoisotopic (exact) mass is 429 g/mol. The van der Waals surface area contributed by atoms with Gasteiger partial charge in [0.1, 0.15) is 11.3 Å². The third-order valence-electron chi connectivity index (χ3n) is 4.60. The molecule has 4 aromatic rings. The molecule has 0 unspecified atom stereocenters. The predicted molar refractivity (Wildman–Crippen MR) is 119 cm³/mol. The standard InChI is InChI=1S/C25H19NO6/c27-23(26-21-9-5-4-8-20(21)17-6-2-1-3-7-17)15-31-25(29)16-30-19-12-10-18-11-13-24(28)32-22(18)14-19/h1-14H,15-16H2,(H,26,27). The van der Waals surface area contributed by atoms with Crippen LogP contribution in [-0.2, 0) is 14.3 Å². The fourth-order valence-electron chi connectivity index (χ4n) is 3.11. The Hall–Kier alpha value is -4.39. The maximum atomic E-state index is 12.3. The molecule has 0 aliphatic rings. The van der Waals surface area contributed by atoms with Gasteiger partial charge in [0, 0.05) is 28.8 Å².